The zero-order chi connectivity index (χ0) is 16.2. The summed E-state index contributed by atoms with van der Waals surface area (Å²) < 4.78 is 5.38. The van der Waals surface area contributed by atoms with Crippen LogP contribution in [-0.2, 0) is 11.3 Å². The van der Waals surface area contributed by atoms with Gasteiger partial charge in [0, 0.05) is 30.8 Å². The lowest BCUT2D eigenvalue weighted by Crippen LogP contribution is -2.35. The number of morpholine rings is 1. The van der Waals surface area contributed by atoms with Crippen LogP contribution in [0.4, 0.5) is 0 Å². The second-order valence-corrected chi connectivity index (χ2v) is 6.29. The van der Waals surface area contributed by atoms with Crippen LogP contribution in [0.5, 0.6) is 0 Å². The molecule has 1 heterocycles. The maximum atomic E-state index is 12.8. The van der Waals surface area contributed by atoms with E-state index in [-0.39, 0.29) is 5.78 Å². The van der Waals surface area contributed by atoms with E-state index in [0.29, 0.717) is 0 Å². The number of carbonyl (C=O) groups is 1. The van der Waals surface area contributed by atoms with Gasteiger partial charge in [0.1, 0.15) is 0 Å². The summed E-state index contributed by atoms with van der Waals surface area (Å²) in [6.07, 6.45) is 0. The third-order valence-electron chi connectivity index (χ3n) is 4.18. The van der Waals surface area contributed by atoms with Crippen LogP contribution in [0.2, 0.25) is 0 Å². The number of hydrogen-bond acceptors (Lipinski definition) is 3. The van der Waals surface area contributed by atoms with Crippen molar-refractivity contribution in [3.63, 3.8) is 0 Å². The summed E-state index contributed by atoms with van der Waals surface area (Å²) in [7, 11) is 0. The number of ether oxygens (including phenoxy) is 1. The molecule has 0 radical (unpaired) electrons. The van der Waals surface area contributed by atoms with E-state index in [1.54, 1.807) is 0 Å². The Bertz CT molecular complexity index is 682. The molecule has 0 aliphatic carbocycles. The maximum Gasteiger partial charge on any atom is 0.193 e. The highest BCUT2D eigenvalue weighted by molar-refractivity contribution is 6.09. The van der Waals surface area contributed by atoms with Crippen molar-refractivity contribution >= 4 is 5.78 Å². The molecule has 1 saturated heterocycles. The molecule has 3 nitrogen and oxygen atoms in total. The molecule has 3 rings (SSSR count). The van der Waals surface area contributed by atoms with Gasteiger partial charge in [-0.25, -0.2) is 0 Å². The maximum absolute atomic E-state index is 12.8. The van der Waals surface area contributed by atoms with Gasteiger partial charge in [-0.1, -0.05) is 35.4 Å². The molecule has 1 fully saturated rings. The highest BCUT2D eigenvalue weighted by Gasteiger charge is 2.13. The Morgan fingerprint density at radius 2 is 1.70 bits per heavy atom. The number of ketones is 1. The van der Waals surface area contributed by atoms with Gasteiger partial charge in [-0.3, -0.25) is 9.69 Å². The lowest BCUT2D eigenvalue weighted by Gasteiger charge is -2.26. The predicted molar refractivity (Wildman–Crippen MR) is 91.9 cm³/mol. The normalized spacial score (nSPS) is 15.6. The SMILES string of the molecule is Cc1cc(C)cc(C(=O)c2cccc(CN3CCOCC3)c2)c1. The molecule has 0 amide bonds. The molecule has 0 atom stereocenters. The number of aryl methyl sites for hydroxylation is 2. The van der Waals surface area contributed by atoms with E-state index in [0.717, 1.165) is 55.1 Å². The average Bonchev–Trinajstić information content (AvgIpc) is 2.54. The van der Waals surface area contributed by atoms with Crippen molar-refractivity contribution in [2.24, 2.45) is 0 Å². The Morgan fingerprint density at radius 1 is 1.00 bits per heavy atom. The van der Waals surface area contributed by atoms with E-state index in [4.69, 9.17) is 4.74 Å². The van der Waals surface area contributed by atoms with Crippen LogP contribution in [-0.4, -0.2) is 37.0 Å². The predicted octanol–water partition coefficient (Wildman–Crippen LogP) is 3.37. The summed E-state index contributed by atoms with van der Waals surface area (Å²) in [6, 6.07) is 14.0. The molecule has 1 aliphatic heterocycles. The first kappa shape index (κ1) is 15.9. The highest BCUT2D eigenvalue weighted by atomic mass is 16.5. The van der Waals surface area contributed by atoms with Gasteiger partial charge >= 0.3 is 0 Å². The van der Waals surface area contributed by atoms with Crippen LogP contribution >= 0.6 is 0 Å². The summed E-state index contributed by atoms with van der Waals surface area (Å²) in [6.45, 7) is 8.42. The topological polar surface area (TPSA) is 29.5 Å². The van der Waals surface area contributed by atoms with Gasteiger partial charge in [0.05, 0.1) is 13.2 Å². The van der Waals surface area contributed by atoms with Crippen LogP contribution in [0.1, 0.15) is 32.6 Å². The minimum atomic E-state index is 0.0978. The quantitative estimate of drug-likeness (QED) is 0.811. The zero-order valence-electron chi connectivity index (χ0n) is 13.8. The molecule has 0 N–H and O–H groups in total. The third kappa shape index (κ3) is 4.06. The molecule has 0 aromatic heterocycles. The Balaban J connectivity index is 1.79. The first-order valence-electron chi connectivity index (χ1n) is 8.14. The fourth-order valence-corrected chi connectivity index (χ4v) is 3.10. The number of nitrogens with zero attached hydrogens (tertiary/aromatic N) is 1. The van der Waals surface area contributed by atoms with Gasteiger partial charge < -0.3 is 4.74 Å². The van der Waals surface area contributed by atoms with Crippen molar-refractivity contribution in [3.8, 4) is 0 Å². The Morgan fingerprint density at radius 3 is 2.39 bits per heavy atom. The summed E-state index contributed by atoms with van der Waals surface area (Å²) in [5.41, 5.74) is 4.96. The molecule has 0 spiro atoms. The number of carbonyl (C=O) groups excluding carboxylic acids is 1. The van der Waals surface area contributed by atoms with E-state index in [2.05, 4.69) is 17.0 Å². The highest BCUT2D eigenvalue weighted by Crippen LogP contribution is 2.16. The molecular formula is C20H23NO2. The summed E-state index contributed by atoms with van der Waals surface area (Å²) in [5, 5.41) is 0. The standard InChI is InChI=1S/C20H23NO2/c1-15-10-16(2)12-19(11-15)20(22)18-5-3-4-17(13-18)14-21-6-8-23-9-7-21/h3-5,10-13H,6-9,14H2,1-2H3. The van der Waals surface area contributed by atoms with Crippen molar-refractivity contribution in [1.82, 2.24) is 4.90 Å². The van der Waals surface area contributed by atoms with Crippen molar-refractivity contribution in [2.75, 3.05) is 26.3 Å². The fourth-order valence-electron chi connectivity index (χ4n) is 3.10. The number of rotatable bonds is 4. The summed E-state index contributed by atoms with van der Waals surface area (Å²) in [4.78, 5) is 15.1. The van der Waals surface area contributed by atoms with Crippen LogP contribution < -0.4 is 0 Å². The first-order valence-corrected chi connectivity index (χ1v) is 8.14. The fraction of sp³-hybridized carbons (Fsp3) is 0.350. The molecule has 23 heavy (non-hydrogen) atoms. The molecule has 1 aliphatic rings. The lowest BCUT2D eigenvalue weighted by molar-refractivity contribution is 0.0342. The molecule has 3 heteroatoms. The zero-order valence-corrected chi connectivity index (χ0v) is 13.8. The van der Waals surface area contributed by atoms with E-state index < -0.39 is 0 Å². The van der Waals surface area contributed by atoms with E-state index >= 15 is 0 Å². The molecule has 0 unspecified atom stereocenters. The second-order valence-electron chi connectivity index (χ2n) is 6.29. The van der Waals surface area contributed by atoms with Crippen LogP contribution in [0, 0.1) is 13.8 Å². The smallest absolute Gasteiger partial charge is 0.193 e. The van der Waals surface area contributed by atoms with Crippen molar-refractivity contribution in [2.45, 2.75) is 20.4 Å². The minimum absolute atomic E-state index is 0.0978. The van der Waals surface area contributed by atoms with Crippen LogP contribution in [0.3, 0.4) is 0 Å². The van der Waals surface area contributed by atoms with Crippen molar-refractivity contribution < 1.29 is 9.53 Å². The number of benzene rings is 2. The summed E-state index contributed by atoms with van der Waals surface area (Å²) in [5.74, 6) is 0.0978. The molecular weight excluding hydrogens is 286 g/mol. The van der Waals surface area contributed by atoms with E-state index in [9.17, 15) is 4.79 Å². The Labute approximate surface area is 137 Å². The van der Waals surface area contributed by atoms with Gasteiger partial charge in [-0.15, -0.1) is 0 Å². The van der Waals surface area contributed by atoms with Gasteiger partial charge in [0.25, 0.3) is 0 Å². The Hall–Kier alpha value is -1.97. The average molecular weight is 309 g/mol. The van der Waals surface area contributed by atoms with Crippen molar-refractivity contribution in [1.29, 1.82) is 0 Å². The van der Waals surface area contributed by atoms with Gasteiger partial charge in [0.2, 0.25) is 0 Å². The monoisotopic (exact) mass is 309 g/mol. The van der Waals surface area contributed by atoms with E-state index in [1.165, 1.54) is 5.56 Å². The Kier molecular flexibility index (Phi) is 4.89. The van der Waals surface area contributed by atoms with Gasteiger partial charge in [-0.05, 0) is 37.6 Å². The molecule has 2 aromatic rings. The lowest BCUT2D eigenvalue weighted by atomic mass is 9.98. The van der Waals surface area contributed by atoms with E-state index in [1.807, 2.05) is 44.2 Å². The number of hydrogen-bond donors (Lipinski definition) is 0. The molecule has 2 aromatic carbocycles. The minimum Gasteiger partial charge on any atom is -0.379 e. The van der Waals surface area contributed by atoms with Crippen LogP contribution in [0.25, 0.3) is 0 Å². The second kappa shape index (κ2) is 7.07. The molecule has 120 valence electrons. The first-order chi connectivity index (χ1) is 11.1. The van der Waals surface area contributed by atoms with Crippen LogP contribution in [0.15, 0.2) is 42.5 Å². The third-order valence-corrected chi connectivity index (χ3v) is 4.18. The van der Waals surface area contributed by atoms with Crippen molar-refractivity contribution in [3.05, 3.63) is 70.3 Å². The molecule has 0 saturated carbocycles. The summed E-state index contributed by atoms with van der Waals surface area (Å²) >= 11 is 0. The van der Waals surface area contributed by atoms with Gasteiger partial charge in [-0.2, -0.15) is 0 Å². The molecule has 0 bridgehead atoms. The largest absolute Gasteiger partial charge is 0.379 e. The van der Waals surface area contributed by atoms with Gasteiger partial charge in [0.15, 0.2) is 5.78 Å².